The molecule has 1 aromatic rings. The maximum atomic E-state index is 13.5. The summed E-state index contributed by atoms with van der Waals surface area (Å²) in [6, 6.07) is 5.74. The van der Waals surface area contributed by atoms with Crippen molar-refractivity contribution in [3.8, 4) is 0 Å². The van der Waals surface area contributed by atoms with Gasteiger partial charge in [0.25, 0.3) is 0 Å². The summed E-state index contributed by atoms with van der Waals surface area (Å²) in [5.41, 5.74) is 0.716. The fourth-order valence-electron chi connectivity index (χ4n) is 2.89. The highest BCUT2D eigenvalue weighted by molar-refractivity contribution is 7.99. The van der Waals surface area contributed by atoms with Gasteiger partial charge >= 0.3 is 0 Å². The van der Waals surface area contributed by atoms with E-state index in [1.165, 1.54) is 30.8 Å². The topological polar surface area (TPSA) is 49.4 Å². The standard InChI is InChI=1S/C18H25FN2O2S/c1-3-4-5-6-10-20-17(23)16-12-24-18(21(16)13(2)22)14-8-7-9-15(19)11-14/h7-9,11,16,18H,3-6,10,12H2,1-2H3,(H,20,23)/t16-,18-/m0/s1. The molecule has 2 atom stereocenters. The zero-order valence-electron chi connectivity index (χ0n) is 14.3. The third-order valence-electron chi connectivity index (χ3n) is 4.13. The summed E-state index contributed by atoms with van der Waals surface area (Å²) in [4.78, 5) is 26.1. The van der Waals surface area contributed by atoms with E-state index in [0.717, 1.165) is 25.7 Å². The minimum atomic E-state index is -0.494. The van der Waals surface area contributed by atoms with Crippen LogP contribution in [-0.2, 0) is 9.59 Å². The van der Waals surface area contributed by atoms with Crippen LogP contribution in [0.3, 0.4) is 0 Å². The molecule has 2 rings (SSSR count). The van der Waals surface area contributed by atoms with E-state index in [1.54, 1.807) is 17.0 Å². The molecule has 1 aliphatic heterocycles. The maximum Gasteiger partial charge on any atom is 0.243 e. The Morgan fingerprint density at radius 2 is 2.12 bits per heavy atom. The summed E-state index contributed by atoms with van der Waals surface area (Å²) >= 11 is 1.50. The number of unbranched alkanes of at least 4 members (excludes halogenated alkanes) is 3. The first-order valence-corrected chi connectivity index (χ1v) is 9.53. The van der Waals surface area contributed by atoms with Gasteiger partial charge in [0.2, 0.25) is 11.8 Å². The number of hydrogen-bond donors (Lipinski definition) is 1. The largest absolute Gasteiger partial charge is 0.354 e. The molecule has 0 unspecified atom stereocenters. The lowest BCUT2D eigenvalue weighted by Crippen LogP contribution is -2.47. The van der Waals surface area contributed by atoms with E-state index in [0.29, 0.717) is 17.9 Å². The van der Waals surface area contributed by atoms with Gasteiger partial charge in [-0.25, -0.2) is 4.39 Å². The van der Waals surface area contributed by atoms with Crippen molar-refractivity contribution in [2.45, 2.75) is 50.9 Å². The number of carbonyl (C=O) groups excluding carboxylic acids is 2. The quantitative estimate of drug-likeness (QED) is 0.764. The minimum Gasteiger partial charge on any atom is -0.354 e. The SMILES string of the molecule is CCCCCCNC(=O)[C@@H]1CS[C@@H](c2cccc(F)c2)N1C(C)=O. The molecular weight excluding hydrogens is 327 g/mol. The lowest BCUT2D eigenvalue weighted by atomic mass is 10.1. The second-order valence-corrected chi connectivity index (χ2v) is 7.15. The van der Waals surface area contributed by atoms with Gasteiger partial charge in [0, 0.05) is 19.2 Å². The molecule has 0 aromatic heterocycles. The Labute approximate surface area is 147 Å². The Bertz CT molecular complexity index is 582. The molecule has 6 heteroatoms. The Morgan fingerprint density at radius 3 is 2.79 bits per heavy atom. The molecule has 1 saturated heterocycles. The fraction of sp³-hybridized carbons (Fsp3) is 0.556. The van der Waals surface area contributed by atoms with Crippen LogP contribution >= 0.6 is 11.8 Å². The zero-order valence-corrected chi connectivity index (χ0v) is 15.1. The molecule has 0 saturated carbocycles. The highest BCUT2D eigenvalue weighted by Crippen LogP contribution is 2.41. The molecule has 1 fully saturated rings. The number of carbonyl (C=O) groups is 2. The molecule has 1 aromatic carbocycles. The molecule has 0 bridgehead atoms. The van der Waals surface area contributed by atoms with Crippen LogP contribution in [0.5, 0.6) is 0 Å². The number of thioether (sulfide) groups is 1. The summed E-state index contributed by atoms with van der Waals surface area (Å²) in [6.07, 6.45) is 4.36. The van der Waals surface area contributed by atoms with Gasteiger partial charge in [0.1, 0.15) is 17.2 Å². The van der Waals surface area contributed by atoms with Crippen LogP contribution in [0, 0.1) is 5.82 Å². The first-order chi connectivity index (χ1) is 11.5. The van der Waals surface area contributed by atoms with Gasteiger partial charge in [-0.15, -0.1) is 11.8 Å². The van der Waals surface area contributed by atoms with E-state index in [9.17, 15) is 14.0 Å². The van der Waals surface area contributed by atoms with Gasteiger partial charge in [-0.1, -0.05) is 38.3 Å². The molecule has 1 aliphatic rings. The second kappa shape index (κ2) is 9.06. The number of halogens is 1. The van der Waals surface area contributed by atoms with Crippen LogP contribution < -0.4 is 5.32 Å². The van der Waals surface area contributed by atoms with Gasteiger partial charge in [-0.05, 0) is 24.1 Å². The Balaban J connectivity index is 2.00. The van der Waals surface area contributed by atoms with Crippen LogP contribution in [0.25, 0.3) is 0 Å². The molecule has 132 valence electrons. The van der Waals surface area contributed by atoms with E-state index < -0.39 is 6.04 Å². The van der Waals surface area contributed by atoms with E-state index in [-0.39, 0.29) is 23.0 Å². The normalized spacial score (nSPS) is 20.2. The Kier molecular flexibility index (Phi) is 7.09. The molecule has 0 aliphatic carbocycles. The van der Waals surface area contributed by atoms with E-state index >= 15 is 0 Å². The summed E-state index contributed by atoms with van der Waals surface area (Å²) < 4.78 is 13.5. The highest BCUT2D eigenvalue weighted by Gasteiger charge is 2.40. The van der Waals surface area contributed by atoms with Crippen molar-refractivity contribution in [3.05, 3.63) is 35.6 Å². The van der Waals surface area contributed by atoms with Crippen molar-refractivity contribution in [1.29, 1.82) is 0 Å². The number of nitrogens with one attached hydrogen (secondary N) is 1. The van der Waals surface area contributed by atoms with Gasteiger partial charge in [0.15, 0.2) is 0 Å². The van der Waals surface area contributed by atoms with Crippen molar-refractivity contribution in [2.75, 3.05) is 12.3 Å². The molecular formula is C18H25FN2O2S. The summed E-state index contributed by atoms with van der Waals surface area (Å²) in [5, 5.41) is 2.62. The molecule has 1 heterocycles. The van der Waals surface area contributed by atoms with Crippen LogP contribution in [0.15, 0.2) is 24.3 Å². The molecule has 4 nitrogen and oxygen atoms in total. The fourth-order valence-corrected chi connectivity index (χ4v) is 4.36. The lowest BCUT2D eigenvalue weighted by Gasteiger charge is -2.28. The number of nitrogens with zero attached hydrogens (tertiary/aromatic N) is 1. The molecule has 0 spiro atoms. The number of amides is 2. The van der Waals surface area contributed by atoms with Gasteiger partial charge in [-0.3, -0.25) is 9.59 Å². The van der Waals surface area contributed by atoms with Crippen LogP contribution in [0.2, 0.25) is 0 Å². The van der Waals surface area contributed by atoms with Crippen molar-refractivity contribution >= 4 is 23.6 Å². The summed E-state index contributed by atoms with van der Waals surface area (Å²) in [5.74, 6) is -0.0874. The number of rotatable bonds is 7. The predicted octanol–water partition coefficient (Wildman–Crippen LogP) is 3.48. The van der Waals surface area contributed by atoms with Crippen molar-refractivity contribution in [3.63, 3.8) is 0 Å². The summed E-state index contributed by atoms with van der Waals surface area (Å²) in [7, 11) is 0. The first-order valence-electron chi connectivity index (χ1n) is 8.48. The van der Waals surface area contributed by atoms with Gasteiger partial charge in [0.05, 0.1) is 0 Å². The van der Waals surface area contributed by atoms with E-state index in [2.05, 4.69) is 12.2 Å². The molecule has 1 N–H and O–H groups in total. The molecule has 24 heavy (non-hydrogen) atoms. The third kappa shape index (κ3) is 4.72. The van der Waals surface area contributed by atoms with Crippen LogP contribution in [0.4, 0.5) is 4.39 Å². The van der Waals surface area contributed by atoms with Gasteiger partial charge < -0.3 is 10.2 Å². The maximum absolute atomic E-state index is 13.5. The zero-order chi connectivity index (χ0) is 17.5. The van der Waals surface area contributed by atoms with Gasteiger partial charge in [-0.2, -0.15) is 0 Å². The second-order valence-electron chi connectivity index (χ2n) is 6.03. The molecule has 0 radical (unpaired) electrons. The average Bonchev–Trinajstić information content (AvgIpc) is 3.00. The van der Waals surface area contributed by atoms with Crippen molar-refractivity contribution in [2.24, 2.45) is 0 Å². The van der Waals surface area contributed by atoms with Crippen molar-refractivity contribution < 1.29 is 14.0 Å². The summed E-state index contributed by atoms with van der Waals surface area (Å²) in [6.45, 7) is 4.24. The number of benzene rings is 1. The highest BCUT2D eigenvalue weighted by atomic mass is 32.2. The Morgan fingerprint density at radius 1 is 1.33 bits per heavy atom. The third-order valence-corrected chi connectivity index (χ3v) is 5.45. The van der Waals surface area contributed by atoms with E-state index in [4.69, 9.17) is 0 Å². The lowest BCUT2D eigenvalue weighted by molar-refractivity contribution is -0.138. The van der Waals surface area contributed by atoms with Crippen molar-refractivity contribution in [1.82, 2.24) is 10.2 Å². The predicted molar refractivity (Wildman–Crippen MR) is 95.1 cm³/mol. The van der Waals surface area contributed by atoms with E-state index in [1.807, 2.05) is 0 Å². The minimum absolute atomic E-state index is 0.117. The first kappa shape index (κ1) is 18.8. The van der Waals surface area contributed by atoms with Crippen LogP contribution in [0.1, 0.15) is 50.5 Å². The van der Waals surface area contributed by atoms with Crippen LogP contribution in [-0.4, -0.2) is 35.1 Å². The molecule has 2 amide bonds. The monoisotopic (exact) mass is 352 g/mol. The smallest absolute Gasteiger partial charge is 0.243 e. The number of hydrogen-bond acceptors (Lipinski definition) is 3. The Hall–Kier alpha value is -1.56. The average molecular weight is 352 g/mol.